The van der Waals surface area contributed by atoms with Crippen molar-refractivity contribution in [3.8, 4) is 0 Å². The van der Waals surface area contributed by atoms with E-state index in [0.717, 1.165) is 64.1 Å². The molecule has 1 heterocycles. The summed E-state index contributed by atoms with van der Waals surface area (Å²) in [6, 6.07) is 9.09. The smallest absolute Gasteiger partial charge is 0.230 e. The summed E-state index contributed by atoms with van der Waals surface area (Å²) in [5.74, 6) is 1.07. The molecule has 2 N–H and O–H groups in total. The van der Waals surface area contributed by atoms with Gasteiger partial charge in [0.1, 0.15) is 0 Å². The zero-order valence-electron chi connectivity index (χ0n) is 19.6. The van der Waals surface area contributed by atoms with Gasteiger partial charge in [-0.05, 0) is 43.7 Å². The van der Waals surface area contributed by atoms with Gasteiger partial charge in [0, 0.05) is 53.4 Å². The Morgan fingerprint density at radius 1 is 1.19 bits per heavy atom. The average Bonchev–Trinajstić information content (AvgIpc) is 3.23. The molecule has 174 valence electrons. The highest BCUT2D eigenvalue weighted by Gasteiger charge is 2.42. The molecular weight excluding hydrogens is 501 g/mol. The zero-order chi connectivity index (χ0) is 21.6. The van der Waals surface area contributed by atoms with Crippen LogP contribution in [0.3, 0.4) is 0 Å². The lowest BCUT2D eigenvalue weighted by Gasteiger charge is -2.34. The molecule has 6 nitrogen and oxygen atoms in total. The summed E-state index contributed by atoms with van der Waals surface area (Å²) in [6.45, 7) is 6.06. The minimum absolute atomic E-state index is 0. The Labute approximate surface area is 205 Å². The van der Waals surface area contributed by atoms with E-state index in [1.807, 2.05) is 21.1 Å². The predicted molar refractivity (Wildman–Crippen MR) is 139 cm³/mol. The maximum Gasteiger partial charge on any atom is 0.230 e. The summed E-state index contributed by atoms with van der Waals surface area (Å²) in [5, 5.41) is 7.07. The normalized spacial score (nSPS) is 19.5. The van der Waals surface area contributed by atoms with Gasteiger partial charge in [-0.2, -0.15) is 0 Å². The summed E-state index contributed by atoms with van der Waals surface area (Å²) in [5.41, 5.74) is 2.52. The second-order valence-electron chi connectivity index (χ2n) is 9.23. The summed E-state index contributed by atoms with van der Waals surface area (Å²) >= 11 is 0. The summed E-state index contributed by atoms with van der Waals surface area (Å²) in [4.78, 5) is 21.5. The number of hydrogen-bond acceptors (Lipinski definition) is 3. The second-order valence-corrected chi connectivity index (χ2v) is 9.23. The van der Waals surface area contributed by atoms with Gasteiger partial charge in [-0.15, -0.1) is 24.0 Å². The van der Waals surface area contributed by atoms with Gasteiger partial charge in [0.05, 0.1) is 5.41 Å². The first kappa shape index (κ1) is 25.9. The van der Waals surface area contributed by atoms with Crippen LogP contribution in [0.25, 0.3) is 0 Å². The van der Waals surface area contributed by atoms with Crippen LogP contribution >= 0.6 is 24.0 Å². The van der Waals surface area contributed by atoms with E-state index in [4.69, 9.17) is 0 Å². The highest BCUT2D eigenvalue weighted by Crippen LogP contribution is 2.38. The van der Waals surface area contributed by atoms with Gasteiger partial charge in [-0.25, -0.2) is 0 Å². The first-order chi connectivity index (χ1) is 14.4. The lowest BCUT2D eigenvalue weighted by atomic mass is 9.84. The lowest BCUT2D eigenvalue weighted by molar-refractivity contribution is -0.138. The fraction of sp³-hybridized carbons (Fsp3) is 0.667. The van der Waals surface area contributed by atoms with E-state index in [-0.39, 0.29) is 35.3 Å². The van der Waals surface area contributed by atoms with Crippen molar-refractivity contribution in [2.75, 3.05) is 40.8 Å². The molecule has 3 rings (SSSR count). The Hall–Kier alpha value is -1.35. The largest absolute Gasteiger partial charge is 0.355 e. The fourth-order valence-electron chi connectivity index (χ4n) is 4.90. The summed E-state index contributed by atoms with van der Waals surface area (Å²) in [7, 11) is 5.54. The maximum absolute atomic E-state index is 12.8. The van der Waals surface area contributed by atoms with Gasteiger partial charge in [0.15, 0.2) is 5.96 Å². The summed E-state index contributed by atoms with van der Waals surface area (Å²) < 4.78 is 0. The topological polar surface area (TPSA) is 60.0 Å². The molecule has 2 fully saturated rings. The van der Waals surface area contributed by atoms with Gasteiger partial charge in [-0.1, -0.05) is 37.1 Å². The van der Waals surface area contributed by atoms with Crippen molar-refractivity contribution in [1.82, 2.24) is 20.4 Å². The van der Waals surface area contributed by atoms with Crippen LogP contribution in [0.1, 0.15) is 49.7 Å². The number of guanidine groups is 1. The molecule has 2 aliphatic rings. The van der Waals surface area contributed by atoms with Crippen molar-refractivity contribution >= 4 is 35.8 Å². The number of hydrogen-bond donors (Lipinski definition) is 2. The van der Waals surface area contributed by atoms with Crippen LogP contribution in [-0.2, 0) is 11.3 Å². The molecule has 1 amide bonds. The molecule has 0 atom stereocenters. The maximum atomic E-state index is 12.8. The molecule has 1 saturated heterocycles. The molecule has 1 aromatic rings. The Bertz CT molecular complexity index is 737. The summed E-state index contributed by atoms with van der Waals surface area (Å²) in [6.07, 6.45) is 6.40. The number of halogens is 1. The van der Waals surface area contributed by atoms with Crippen LogP contribution in [0.15, 0.2) is 29.3 Å². The highest BCUT2D eigenvalue weighted by molar-refractivity contribution is 14.0. The van der Waals surface area contributed by atoms with Gasteiger partial charge in [0.25, 0.3) is 0 Å². The number of carbonyl (C=O) groups excluding carboxylic acids is 1. The molecular formula is C24H40IN5O. The standard InChI is InChI=1S/C24H39N5O.HI/c1-19-9-5-6-10-20(19)17-29-15-11-21(12-16-29)27-23(25-2)26-18-24(13-7-8-14-24)22(30)28(3)4;/h5-6,9-10,21H,7-8,11-18H2,1-4H3,(H2,25,26,27);1H. The first-order valence-corrected chi connectivity index (χ1v) is 11.4. The van der Waals surface area contributed by atoms with E-state index in [1.165, 1.54) is 11.1 Å². The monoisotopic (exact) mass is 541 g/mol. The molecule has 1 aromatic carbocycles. The predicted octanol–water partition coefficient (Wildman–Crippen LogP) is 3.39. The van der Waals surface area contributed by atoms with Crippen molar-refractivity contribution in [1.29, 1.82) is 0 Å². The van der Waals surface area contributed by atoms with E-state index in [2.05, 4.69) is 51.7 Å². The van der Waals surface area contributed by atoms with Crippen molar-refractivity contribution in [2.24, 2.45) is 10.4 Å². The van der Waals surface area contributed by atoms with Crippen LogP contribution < -0.4 is 10.6 Å². The number of piperidine rings is 1. The average molecular weight is 542 g/mol. The minimum Gasteiger partial charge on any atom is -0.355 e. The molecule has 0 radical (unpaired) electrons. The molecule has 7 heteroatoms. The number of benzene rings is 1. The third kappa shape index (κ3) is 6.81. The Kier molecular flexibility index (Phi) is 10.1. The van der Waals surface area contributed by atoms with E-state index in [9.17, 15) is 4.79 Å². The van der Waals surface area contributed by atoms with Crippen LogP contribution in [0, 0.1) is 12.3 Å². The minimum atomic E-state index is -0.280. The number of aryl methyl sites for hydroxylation is 1. The highest BCUT2D eigenvalue weighted by atomic mass is 127. The Morgan fingerprint density at radius 3 is 2.42 bits per heavy atom. The van der Waals surface area contributed by atoms with Gasteiger partial charge < -0.3 is 15.5 Å². The van der Waals surface area contributed by atoms with Gasteiger partial charge >= 0.3 is 0 Å². The van der Waals surface area contributed by atoms with Crippen LogP contribution in [0.5, 0.6) is 0 Å². The molecule has 0 unspecified atom stereocenters. The van der Waals surface area contributed by atoms with Gasteiger partial charge in [-0.3, -0.25) is 14.7 Å². The van der Waals surface area contributed by atoms with Crippen LogP contribution in [0.4, 0.5) is 0 Å². The Morgan fingerprint density at radius 2 is 1.84 bits per heavy atom. The number of nitrogens with zero attached hydrogens (tertiary/aromatic N) is 3. The molecule has 1 saturated carbocycles. The van der Waals surface area contributed by atoms with E-state index in [1.54, 1.807) is 4.90 Å². The van der Waals surface area contributed by atoms with E-state index >= 15 is 0 Å². The molecule has 0 spiro atoms. The number of rotatable bonds is 6. The number of carbonyl (C=O) groups is 1. The van der Waals surface area contributed by atoms with Crippen molar-refractivity contribution < 1.29 is 4.79 Å². The zero-order valence-corrected chi connectivity index (χ0v) is 21.9. The molecule has 31 heavy (non-hydrogen) atoms. The van der Waals surface area contributed by atoms with E-state index < -0.39 is 0 Å². The third-order valence-electron chi connectivity index (χ3n) is 6.82. The first-order valence-electron chi connectivity index (χ1n) is 11.4. The fourth-order valence-corrected chi connectivity index (χ4v) is 4.90. The van der Waals surface area contributed by atoms with Crippen molar-refractivity contribution in [2.45, 2.75) is 58.0 Å². The van der Waals surface area contributed by atoms with Gasteiger partial charge in [0.2, 0.25) is 5.91 Å². The van der Waals surface area contributed by atoms with E-state index in [0.29, 0.717) is 12.6 Å². The number of nitrogens with one attached hydrogen (secondary N) is 2. The van der Waals surface area contributed by atoms with Crippen molar-refractivity contribution in [3.63, 3.8) is 0 Å². The van der Waals surface area contributed by atoms with Crippen LogP contribution in [0.2, 0.25) is 0 Å². The molecule has 1 aliphatic heterocycles. The van der Waals surface area contributed by atoms with Crippen molar-refractivity contribution in [3.05, 3.63) is 35.4 Å². The number of aliphatic imine (C=N–C) groups is 1. The third-order valence-corrected chi connectivity index (χ3v) is 6.82. The number of amides is 1. The molecule has 0 bridgehead atoms. The SMILES string of the molecule is CN=C(NCC1(C(=O)N(C)C)CCCC1)NC1CCN(Cc2ccccc2C)CC1.I. The lowest BCUT2D eigenvalue weighted by Crippen LogP contribution is -2.52. The van der Waals surface area contributed by atoms with Crippen LogP contribution in [-0.4, -0.2) is 68.5 Å². The molecule has 1 aliphatic carbocycles. The number of likely N-dealkylation sites (tertiary alicyclic amines) is 1. The Balaban J connectivity index is 0.00000341. The molecule has 0 aromatic heterocycles. The second kappa shape index (κ2) is 12.0. The quantitative estimate of drug-likeness (QED) is 0.330.